The molecule has 3 heteroatoms. The van der Waals surface area contributed by atoms with Crippen LogP contribution in [0.15, 0.2) is 11.1 Å². The summed E-state index contributed by atoms with van der Waals surface area (Å²) in [6.07, 6.45) is 0. The lowest BCUT2D eigenvalue weighted by atomic mass is 11.2. The van der Waals surface area contributed by atoms with Gasteiger partial charge in [0, 0.05) is 0 Å². The van der Waals surface area contributed by atoms with E-state index in [0.717, 1.165) is 0 Å². The van der Waals surface area contributed by atoms with Crippen molar-refractivity contribution in [3.8, 4) is 0 Å². The molecule has 1 heterocycles. The lowest BCUT2D eigenvalue weighted by molar-refractivity contribution is 0.615. The summed E-state index contributed by atoms with van der Waals surface area (Å²) in [5.74, 6) is 0. The van der Waals surface area contributed by atoms with E-state index in [1.54, 1.807) is 5.41 Å². The second kappa shape index (κ2) is 1.16. The molecule has 0 bridgehead atoms. The van der Waals surface area contributed by atoms with Crippen LogP contribution in [0.25, 0.3) is 0 Å². The van der Waals surface area contributed by atoms with Crippen LogP contribution in [0.5, 0.6) is 0 Å². The van der Waals surface area contributed by atoms with Crippen molar-refractivity contribution in [1.29, 1.82) is 0 Å². The highest BCUT2D eigenvalue weighted by Crippen LogP contribution is 1.98. The van der Waals surface area contributed by atoms with Crippen molar-refractivity contribution < 1.29 is 4.55 Å². The molecule has 0 saturated heterocycles. The average molecular weight is 104 g/mol. The van der Waals surface area contributed by atoms with Gasteiger partial charge in [-0.25, -0.2) is 0 Å². The summed E-state index contributed by atoms with van der Waals surface area (Å²) in [5, 5.41) is 1.76. The topological polar surface area (TPSA) is 23.1 Å². The van der Waals surface area contributed by atoms with Gasteiger partial charge in [0.2, 0.25) is 0 Å². The zero-order valence-corrected chi connectivity index (χ0v) is 4.91. The van der Waals surface area contributed by atoms with Crippen LogP contribution in [0.1, 0.15) is 0 Å². The second-order valence-electron chi connectivity index (χ2n) is 0.919. The first kappa shape index (κ1) is 3.46. The standard InChI is InChI=1S/C2H4OSSi/c3-4-1-2-5-4/h1-2H,5H2. The zero-order valence-electron chi connectivity index (χ0n) is 2.68. The van der Waals surface area contributed by atoms with Gasteiger partial charge in [0.15, 0.2) is 0 Å². The molecule has 1 nitrogen and oxygen atoms in total. The van der Waals surface area contributed by atoms with E-state index >= 15 is 0 Å². The van der Waals surface area contributed by atoms with Crippen LogP contribution in [-0.2, 0) is 10.6 Å². The molecule has 5 heavy (non-hydrogen) atoms. The summed E-state index contributed by atoms with van der Waals surface area (Å²) < 4.78 is 9.99. The van der Waals surface area contributed by atoms with E-state index in [4.69, 9.17) is 0 Å². The molecule has 0 aromatic rings. The second-order valence-corrected chi connectivity index (χ2v) is 5.46. The molecule has 1 rings (SSSR count). The fraction of sp³-hybridized carbons (Fsp3) is 0. The lowest BCUT2D eigenvalue weighted by Gasteiger charge is -2.07. The Kier molecular flexibility index (Phi) is 0.802. The fourth-order valence-corrected chi connectivity index (χ4v) is 1.57. The van der Waals surface area contributed by atoms with Crippen LogP contribution < -0.4 is 0 Å². The van der Waals surface area contributed by atoms with Crippen molar-refractivity contribution >= 4 is 19.3 Å². The first-order valence-electron chi connectivity index (χ1n) is 1.43. The number of hydrogen-bond acceptors (Lipinski definition) is 1. The summed E-state index contributed by atoms with van der Waals surface area (Å²) in [6.45, 7) is 0. The van der Waals surface area contributed by atoms with Crippen molar-refractivity contribution in [1.82, 2.24) is 0 Å². The maximum absolute atomic E-state index is 9.99. The Morgan fingerprint density at radius 1 is 1.80 bits per heavy atom. The summed E-state index contributed by atoms with van der Waals surface area (Å²) in [5.41, 5.74) is 2.04. The minimum absolute atomic E-state index is 0.179. The van der Waals surface area contributed by atoms with E-state index in [1.165, 1.54) is 0 Å². The van der Waals surface area contributed by atoms with Gasteiger partial charge >= 0.3 is 0 Å². The largest absolute Gasteiger partial charge is 0.627 e. The zero-order chi connectivity index (χ0) is 3.70. The van der Waals surface area contributed by atoms with Gasteiger partial charge in [0.25, 0.3) is 8.67 Å². The molecule has 1 aliphatic heterocycles. The Morgan fingerprint density at radius 3 is 2.20 bits per heavy atom. The highest BCUT2D eigenvalue weighted by Gasteiger charge is 2.06. The van der Waals surface area contributed by atoms with E-state index in [1.807, 2.05) is 5.70 Å². The molecule has 0 radical (unpaired) electrons. The maximum atomic E-state index is 9.99. The molecule has 28 valence electrons. The van der Waals surface area contributed by atoms with Crippen LogP contribution in [0.2, 0.25) is 0 Å². The van der Waals surface area contributed by atoms with Gasteiger partial charge in [0.1, 0.15) is 0 Å². The highest BCUT2D eigenvalue weighted by molar-refractivity contribution is 8.20. The molecule has 0 amide bonds. The normalized spacial score (nSPS) is 38.2. The van der Waals surface area contributed by atoms with Crippen LogP contribution >= 0.6 is 0 Å². The molecule has 0 spiro atoms. The van der Waals surface area contributed by atoms with Crippen molar-refractivity contribution in [2.24, 2.45) is 0 Å². The molecule has 0 aromatic carbocycles. The van der Waals surface area contributed by atoms with E-state index in [-0.39, 0.29) is 8.67 Å². The molecule has 0 N–H and O–H groups in total. The van der Waals surface area contributed by atoms with E-state index in [2.05, 4.69) is 0 Å². The molecule has 1 unspecified atom stereocenters. The molecule has 1 atom stereocenters. The van der Waals surface area contributed by atoms with E-state index in [0.29, 0.717) is 0 Å². The molecule has 0 aliphatic carbocycles. The Labute approximate surface area is 35.7 Å². The minimum Gasteiger partial charge on any atom is -0.627 e. The van der Waals surface area contributed by atoms with Crippen molar-refractivity contribution in [3.05, 3.63) is 11.1 Å². The maximum Gasteiger partial charge on any atom is 0.297 e. The van der Waals surface area contributed by atoms with Gasteiger partial charge in [0.05, 0.1) is 5.41 Å². The summed E-state index contributed by atoms with van der Waals surface area (Å²) in [4.78, 5) is 0. The van der Waals surface area contributed by atoms with Crippen LogP contribution in [0.4, 0.5) is 0 Å². The highest BCUT2D eigenvalue weighted by atomic mass is 32.4. The van der Waals surface area contributed by atoms with Crippen molar-refractivity contribution in [2.75, 3.05) is 0 Å². The Morgan fingerprint density at radius 2 is 2.20 bits per heavy atom. The summed E-state index contributed by atoms with van der Waals surface area (Å²) in [6, 6.07) is 0. The molecular formula is C2H4OSSi. The van der Waals surface area contributed by atoms with Crippen molar-refractivity contribution in [2.45, 2.75) is 0 Å². The first-order chi connectivity index (χ1) is 2.39. The Balaban J connectivity index is 2.39. The number of rotatable bonds is 0. The smallest absolute Gasteiger partial charge is 0.297 e. The van der Waals surface area contributed by atoms with Crippen LogP contribution in [0, 0.1) is 0 Å². The van der Waals surface area contributed by atoms with Gasteiger partial charge in [-0.3, -0.25) is 0 Å². The third-order valence-electron chi connectivity index (χ3n) is 0.508. The Bertz CT molecular complexity index is 62.7. The average Bonchev–Trinajstić information content (AvgIpc) is 1.30. The SMILES string of the molecule is [O-][S+]1C=C[SiH2]1. The summed E-state index contributed by atoms with van der Waals surface area (Å²) in [7, 11) is -0.613. The van der Waals surface area contributed by atoms with Crippen molar-refractivity contribution in [3.63, 3.8) is 0 Å². The van der Waals surface area contributed by atoms with Gasteiger partial charge in [-0.1, -0.05) is 10.6 Å². The molecular weight excluding hydrogens is 100 g/mol. The van der Waals surface area contributed by atoms with Gasteiger partial charge in [-0.05, 0) is 5.70 Å². The quantitative estimate of drug-likeness (QED) is 0.294. The van der Waals surface area contributed by atoms with Crippen LogP contribution in [-0.4, -0.2) is 13.2 Å². The van der Waals surface area contributed by atoms with E-state index < -0.39 is 10.6 Å². The lowest BCUT2D eigenvalue weighted by Crippen LogP contribution is -2.11. The molecule has 0 fully saturated rings. The van der Waals surface area contributed by atoms with E-state index in [9.17, 15) is 4.55 Å². The van der Waals surface area contributed by atoms with Gasteiger partial charge < -0.3 is 4.55 Å². The monoisotopic (exact) mass is 104 g/mol. The molecule has 0 saturated carbocycles. The predicted octanol–water partition coefficient (Wildman–Crippen LogP) is -0.696. The minimum atomic E-state index is -0.434. The third-order valence-corrected chi connectivity index (χ3v) is 4.24. The molecule has 1 aliphatic rings. The fourth-order valence-electron chi connectivity index (χ4n) is 0.175. The van der Waals surface area contributed by atoms with Gasteiger partial charge in [-0.15, -0.1) is 0 Å². The summed E-state index contributed by atoms with van der Waals surface area (Å²) >= 11 is 0. The molecule has 0 aromatic heterocycles. The van der Waals surface area contributed by atoms with Crippen LogP contribution in [0.3, 0.4) is 0 Å². The van der Waals surface area contributed by atoms with Gasteiger partial charge in [-0.2, -0.15) is 0 Å². The third kappa shape index (κ3) is 0.558. The predicted molar refractivity (Wildman–Crippen MR) is 25.8 cm³/mol. The first-order valence-corrected chi connectivity index (χ1v) is 5.36. The Hall–Kier alpha value is 0.267. The number of hydrogen-bond donors (Lipinski definition) is 0.